The van der Waals surface area contributed by atoms with E-state index in [4.69, 9.17) is 5.11 Å². The number of carboxylic acids is 1. The van der Waals surface area contributed by atoms with Crippen LogP contribution in [0.5, 0.6) is 0 Å². The van der Waals surface area contributed by atoms with E-state index in [9.17, 15) is 9.59 Å². The zero-order valence-electron chi connectivity index (χ0n) is 10.3. The first kappa shape index (κ1) is 13.3. The maximum atomic E-state index is 11.8. The maximum absolute atomic E-state index is 11.8. The summed E-state index contributed by atoms with van der Waals surface area (Å²) >= 11 is 1.53. The van der Waals surface area contributed by atoms with Gasteiger partial charge in [-0.1, -0.05) is 0 Å². The molecule has 1 aromatic carbocycles. The van der Waals surface area contributed by atoms with Gasteiger partial charge in [0.05, 0.1) is 22.1 Å². The van der Waals surface area contributed by atoms with Crippen molar-refractivity contribution in [3.05, 3.63) is 23.7 Å². The van der Waals surface area contributed by atoms with E-state index >= 15 is 0 Å². The van der Waals surface area contributed by atoms with Crippen LogP contribution in [0.3, 0.4) is 0 Å². The third-order valence-corrected chi connectivity index (χ3v) is 3.40. The molecule has 0 fully saturated rings. The predicted molar refractivity (Wildman–Crippen MR) is 73.5 cm³/mol. The number of carboxylic acid groups (broad SMARTS) is 1. The third-order valence-electron chi connectivity index (χ3n) is 2.59. The number of nitrogens with one attached hydrogen (secondary N) is 1. The summed E-state index contributed by atoms with van der Waals surface area (Å²) < 4.78 is 1.05. The van der Waals surface area contributed by atoms with Gasteiger partial charge in [0, 0.05) is 19.3 Å². The summed E-state index contributed by atoms with van der Waals surface area (Å²) in [6.45, 7) is 0.167. The molecule has 1 aromatic heterocycles. The topological polar surface area (TPSA) is 82.5 Å². The highest BCUT2D eigenvalue weighted by atomic mass is 32.1. The second kappa shape index (κ2) is 5.66. The lowest BCUT2D eigenvalue weighted by Crippen LogP contribution is -2.33. The van der Waals surface area contributed by atoms with Crippen molar-refractivity contribution in [3.8, 4) is 0 Å². The smallest absolute Gasteiger partial charge is 0.321 e. The first-order valence-electron chi connectivity index (χ1n) is 5.63. The summed E-state index contributed by atoms with van der Waals surface area (Å²) in [6.07, 6.45) is -0.0744. The third kappa shape index (κ3) is 3.41. The van der Waals surface area contributed by atoms with Gasteiger partial charge in [-0.2, -0.15) is 0 Å². The molecule has 6 nitrogen and oxygen atoms in total. The summed E-state index contributed by atoms with van der Waals surface area (Å²) in [6, 6.07) is 5.13. The molecule has 1 heterocycles. The maximum Gasteiger partial charge on any atom is 0.321 e. The zero-order valence-corrected chi connectivity index (χ0v) is 11.1. The molecule has 0 bridgehead atoms. The minimum Gasteiger partial charge on any atom is -0.481 e. The van der Waals surface area contributed by atoms with Crippen LogP contribution >= 0.6 is 11.3 Å². The van der Waals surface area contributed by atoms with Crippen LogP contribution in [0, 0.1) is 0 Å². The van der Waals surface area contributed by atoms with Gasteiger partial charge in [0.15, 0.2) is 0 Å². The SMILES string of the molecule is CN(CCC(=O)O)C(=O)Nc1ccc2scnc2c1. The lowest BCUT2D eigenvalue weighted by atomic mass is 10.3. The molecule has 0 atom stereocenters. The molecule has 0 unspecified atom stereocenters. The van der Waals surface area contributed by atoms with Gasteiger partial charge in [-0.05, 0) is 18.2 Å². The fourth-order valence-corrected chi connectivity index (χ4v) is 2.18. The van der Waals surface area contributed by atoms with Crippen LogP contribution in [-0.4, -0.2) is 40.6 Å². The van der Waals surface area contributed by atoms with Crippen molar-refractivity contribution in [2.75, 3.05) is 18.9 Å². The molecule has 0 spiro atoms. The Morgan fingerprint density at radius 2 is 2.26 bits per heavy atom. The molecule has 0 saturated heterocycles. The molecule has 0 aliphatic carbocycles. The van der Waals surface area contributed by atoms with E-state index < -0.39 is 5.97 Å². The highest BCUT2D eigenvalue weighted by molar-refractivity contribution is 7.16. The van der Waals surface area contributed by atoms with E-state index in [1.54, 1.807) is 24.7 Å². The fraction of sp³-hybridized carbons (Fsp3) is 0.250. The zero-order chi connectivity index (χ0) is 13.8. The first-order valence-corrected chi connectivity index (χ1v) is 6.51. The monoisotopic (exact) mass is 279 g/mol. The molecular weight excluding hydrogens is 266 g/mol. The van der Waals surface area contributed by atoms with Gasteiger partial charge >= 0.3 is 12.0 Å². The predicted octanol–water partition coefficient (Wildman–Crippen LogP) is 2.23. The molecule has 2 amide bonds. The average Bonchev–Trinajstić information content (AvgIpc) is 2.83. The number of urea groups is 1. The Bertz CT molecular complexity index is 611. The average molecular weight is 279 g/mol. The molecule has 0 radical (unpaired) electrons. The van der Waals surface area contributed by atoms with Gasteiger partial charge < -0.3 is 15.3 Å². The number of aromatic nitrogens is 1. The molecule has 100 valence electrons. The quantitative estimate of drug-likeness (QED) is 0.899. The summed E-state index contributed by atoms with van der Waals surface area (Å²) in [7, 11) is 1.56. The largest absolute Gasteiger partial charge is 0.481 e. The van der Waals surface area contributed by atoms with Crippen molar-refractivity contribution < 1.29 is 14.7 Å². The molecular formula is C12H13N3O3S. The standard InChI is InChI=1S/C12H13N3O3S/c1-15(5-4-11(16)17)12(18)14-8-2-3-10-9(6-8)13-7-19-10/h2-3,6-7H,4-5H2,1H3,(H,14,18)(H,16,17). The van der Waals surface area contributed by atoms with Gasteiger partial charge in [0.1, 0.15) is 0 Å². The van der Waals surface area contributed by atoms with Crippen LogP contribution in [0.2, 0.25) is 0 Å². The number of hydrogen-bond donors (Lipinski definition) is 2. The van der Waals surface area contributed by atoms with Crippen molar-refractivity contribution >= 4 is 39.2 Å². The molecule has 2 N–H and O–H groups in total. The Kier molecular flexibility index (Phi) is 3.96. The van der Waals surface area contributed by atoms with Crippen LogP contribution in [0.15, 0.2) is 23.7 Å². The minimum absolute atomic E-state index is 0.0744. The number of fused-ring (bicyclic) bond motifs is 1. The Labute approximate surface area is 113 Å². The Morgan fingerprint density at radius 1 is 1.47 bits per heavy atom. The van der Waals surface area contributed by atoms with Crippen molar-refractivity contribution in [2.24, 2.45) is 0 Å². The van der Waals surface area contributed by atoms with Crippen LogP contribution in [0.1, 0.15) is 6.42 Å². The Morgan fingerprint density at radius 3 is 3.00 bits per heavy atom. The molecule has 0 aliphatic heterocycles. The summed E-state index contributed by atoms with van der Waals surface area (Å²) in [5, 5.41) is 11.3. The van der Waals surface area contributed by atoms with Gasteiger partial charge in [0.2, 0.25) is 0 Å². The van der Waals surface area contributed by atoms with Gasteiger partial charge in [-0.25, -0.2) is 9.78 Å². The molecule has 19 heavy (non-hydrogen) atoms. The molecule has 7 heteroatoms. The minimum atomic E-state index is -0.927. The van der Waals surface area contributed by atoms with E-state index in [0.29, 0.717) is 5.69 Å². The number of thiazole rings is 1. The van der Waals surface area contributed by atoms with Crippen LogP contribution in [0.25, 0.3) is 10.2 Å². The fourth-order valence-electron chi connectivity index (χ4n) is 1.52. The number of rotatable bonds is 4. The number of hydrogen-bond acceptors (Lipinski definition) is 4. The van der Waals surface area contributed by atoms with Crippen molar-refractivity contribution in [3.63, 3.8) is 0 Å². The number of benzene rings is 1. The summed E-state index contributed by atoms with van der Waals surface area (Å²) in [5.74, 6) is -0.927. The van der Waals surface area contributed by atoms with Crippen molar-refractivity contribution in [1.82, 2.24) is 9.88 Å². The number of amides is 2. The van der Waals surface area contributed by atoms with Gasteiger partial charge in [-0.15, -0.1) is 11.3 Å². The van der Waals surface area contributed by atoms with Crippen molar-refractivity contribution in [1.29, 1.82) is 0 Å². The number of nitrogens with zero attached hydrogens (tertiary/aromatic N) is 2. The highest BCUT2D eigenvalue weighted by Crippen LogP contribution is 2.21. The van der Waals surface area contributed by atoms with Crippen LogP contribution in [-0.2, 0) is 4.79 Å². The summed E-state index contributed by atoms with van der Waals surface area (Å²) in [5.41, 5.74) is 3.22. The molecule has 2 rings (SSSR count). The first-order chi connectivity index (χ1) is 9.06. The van der Waals surface area contributed by atoms with Gasteiger partial charge in [0.25, 0.3) is 0 Å². The number of carbonyl (C=O) groups is 2. The molecule has 0 saturated carbocycles. The molecule has 0 aliphatic rings. The number of carbonyl (C=O) groups excluding carboxylic acids is 1. The van der Waals surface area contributed by atoms with E-state index in [1.165, 1.54) is 16.2 Å². The lowest BCUT2D eigenvalue weighted by molar-refractivity contribution is -0.137. The second-order valence-corrected chi connectivity index (χ2v) is 4.92. The lowest BCUT2D eigenvalue weighted by Gasteiger charge is -2.16. The van der Waals surface area contributed by atoms with E-state index in [1.807, 2.05) is 6.07 Å². The number of aliphatic carboxylic acids is 1. The highest BCUT2D eigenvalue weighted by Gasteiger charge is 2.10. The Hall–Kier alpha value is -2.15. The van der Waals surface area contributed by atoms with Gasteiger partial charge in [-0.3, -0.25) is 4.79 Å². The second-order valence-electron chi connectivity index (χ2n) is 4.03. The van der Waals surface area contributed by atoms with Crippen molar-refractivity contribution in [2.45, 2.75) is 6.42 Å². The Balaban J connectivity index is 1.99. The molecule has 2 aromatic rings. The van der Waals surface area contributed by atoms with E-state index in [0.717, 1.165) is 10.2 Å². The van der Waals surface area contributed by atoms with E-state index in [-0.39, 0.29) is 19.0 Å². The normalized spacial score (nSPS) is 10.4. The van der Waals surface area contributed by atoms with Crippen LogP contribution in [0.4, 0.5) is 10.5 Å². The van der Waals surface area contributed by atoms with Crippen LogP contribution < -0.4 is 5.32 Å². The summed E-state index contributed by atoms with van der Waals surface area (Å²) in [4.78, 5) is 27.7. The van der Waals surface area contributed by atoms with E-state index in [2.05, 4.69) is 10.3 Å². The number of anilines is 1.